The molecule has 2 nitrogen and oxygen atoms in total. The van der Waals surface area contributed by atoms with Gasteiger partial charge in [-0.25, -0.2) is 0 Å². The summed E-state index contributed by atoms with van der Waals surface area (Å²) in [6.07, 6.45) is 0. The summed E-state index contributed by atoms with van der Waals surface area (Å²) in [7, 11) is 0. The van der Waals surface area contributed by atoms with Crippen LogP contribution in [-0.4, -0.2) is 5.48 Å². The van der Waals surface area contributed by atoms with Crippen LogP contribution in [0, 0.1) is 0 Å². The second-order valence-electron chi connectivity index (χ2n) is 0. The first-order valence-corrected chi connectivity index (χ1v) is 0. The van der Waals surface area contributed by atoms with E-state index in [4.69, 9.17) is 0 Å². The molecule has 30 valence electrons. The van der Waals surface area contributed by atoms with Crippen molar-refractivity contribution < 1.29 is 28.0 Å². The Hall–Kier alpha value is 0.789. The zero-order valence-electron chi connectivity index (χ0n) is 1.76. The van der Waals surface area contributed by atoms with Gasteiger partial charge in [-0.05, 0) is 0 Å². The molecule has 0 heterocycles. The fraction of sp³-hybridized carbons (Fsp3) is 0. The summed E-state index contributed by atoms with van der Waals surface area (Å²) >= 11 is 0. The summed E-state index contributed by atoms with van der Waals surface area (Å²) in [6, 6.07) is 0. The Bertz CT molecular complexity index is 6.00. The van der Waals surface area contributed by atoms with Crippen molar-refractivity contribution in [2.45, 2.75) is 0 Å². The van der Waals surface area contributed by atoms with Gasteiger partial charge in [0.25, 0.3) is 0 Å². The van der Waals surface area contributed by atoms with Crippen LogP contribution in [0.25, 0.3) is 0 Å². The smallest absolute Gasteiger partial charge is 2.00 e. The van der Waals surface area contributed by atoms with Crippen LogP contribution in [0.2, 0.25) is 0 Å². The first-order valence-electron chi connectivity index (χ1n) is 0. The maximum absolute atomic E-state index is 0. The van der Waals surface area contributed by atoms with E-state index < -0.39 is 0 Å². The summed E-state index contributed by atoms with van der Waals surface area (Å²) in [5.74, 6) is 0. The van der Waals surface area contributed by atoms with E-state index in [-0.39, 0.29) is 41.5 Å². The molecular weight excluding hydrogens is 120 g/mol. The molecule has 0 aromatic heterocycles. The number of rotatable bonds is 0. The zero-order chi connectivity index (χ0) is 0. The summed E-state index contributed by atoms with van der Waals surface area (Å²) in [5.41, 5.74) is 0. The monoisotopic (exact) mass is 124 g/mol. The van der Waals surface area contributed by atoms with Gasteiger partial charge in [-0.2, -0.15) is 13.5 Å². The average Bonchev–Trinajstić information content (AvgIpc) is 0. The molecule has 4 heteroatoms. The molecule has 0 saturated carbocycles. The first-order chi connectivity index (χ1) is 0. The molecule has 0 aromatic carbocycles. The minimum absolute atomic E-state index is 0. The van der Waals surface area contributed by atoms with Gasteiger partial charge in [-0.15, -0.1) is 0 Å². The van der Waals surface area contributed by atoms with Crippen molar-refractivity contribution in [3.05, 3.63) is 0 Å². The summed E-state index contributed by atoms with van der Waals surface area (Å²) in [4.78, 5) is 0. The molecular formula is H4FeO2S. The topological polar surface area (TPSA) is 60.0 Å². The van der Waals surface area contributed by atoms with Crippen LogP contribution in [0.5, 0.6) is 0 Å². The van der Waals surface area contributed by atoms with E-state index in [1.165, 1.54) is 0 Å². The molecule has 0 bridgehead atoms. The van der Waals surface area contributed by atoms with E-state index in [1.807, 2.05) is 0 Å². The van der Waals surface area contributed by atoms with Crippen LogP contribution in [0.4, 0.5) is 0 Å². The SMILES string of the molecule is O.S.[Fe+2].[O-2]. The molecule has 0 aliphatic carbocycles. The minimum atomic E-state index is 0. The second-order valence-corrected chi connectivity index (χ2v) is 0. The molecule has 0 aromatic rings. The molecule has 0 aliphatic heterocycles. The number of hydrogen-bond acceptors (Lipinski definition) is 0. The van der Waals surface area contributed by atoms with Crippen molar-refractivity contribution in [2.24, 2.45) is 0 Å². The van der Waals surface area contributed by atoms with Gasteiger partial charge in [0.1, 0.15) is 0 Å². The Kier molecular flexibility index (Phi) is 1310. The third-order valence-corrected chi connectivity index (χ3v) is 0. The van der Waals surface area contributed by atoms with Gasteiger partial charge in [-0.1, -0.05) is 0 Å². The van der Waals surface area contributed by atoms with Crippen LogP contribution in [0.1, 0.15) is 0 Å². The molecule has 0 rings (SSSR count). The van der Waals surface area contributed by atoms with Crippen LogP contribution in [0.15, 0.2) is 0 Å². The molecule has 0 unspecified atom stereocenters. The van der Waals surface area contributed by atoms with Crippen molar-refractivity contribution in [1.82, 2.24) is 0 Å². The molecule has 0 radical (unpaired) electrons. The van der Waals surface area contributed by atoms with E-state index >= 15 is 0 Å². The molecule has 0 atom stereocenters. The molecule has 2 N–H and O–H groups in total. The van der Waals surface area contributed by atoms with E-state index in [0.717, 1.165) is 0 Å². The third-order valence-electron chi connectivity index (χ3n) is 0. The van der Waals surface area contributed by atoms with Crippen molar-refractivity contribution in [3.8, 4) is 0 Å². The normalized spacial score (nSPS) is 0. The van der Waals surface area contributed by atoms with Crippen LogP contribution in [0.3, 0.4) is 0 Å². The van der Waals surface area contributed by atoms with Gasteiger partial charge < -0.3 is 11.0 Å². The van der Waals surface area contributed by atoms with Crippen LogP contribution in [-0.2, 0) is 22.5 Å². The molecule has 0 fully saturated rings. The van der Waals surface area contributed by atoms with Gasteiger partial charge in [0.15, 0.2) is 0 Å². The van der Waals surface area contributed by atoms with Gasteiger partial charge in [0.05, 0.1) is 0 Å². The van der Waals surface area contributed by atoms with Gasteiger partial charge in [-0.3, -0.25) is 0 Å². The minimum Gasteiger partial charge on any atom is -2.00 e. The van der Waals surface area contributed by atoms with Gasteiger partial charge in [0, 0.05) is 0 Å². The molecule has 0 amide bonds. The van der Waals surface area contributed by atoms with Crippen LogP contribution < -0.4 is 0 Å². The molecule has 0 aliphatic rings. The van der Waals surface area contributed by atoms with Crippen molar-refractivity contribution >= 4 is 13.5 Å². The maximum Gasteiger partial charge on any atom is 2.00 e. The Morgan fingerprint density at radius 3 is 1.00 bits per heavy atom. The first kappa shape index (κ1) is 110. The summed E-state index contributed by atoms with van der Waals surface area (Å²) < 4.78 is 0. The van der Waals surface area contributed by atoms with Crippen molar-refractivity contribution in [2.75, 3.05) is 0 Å². The quantitative estimate of drug-likeness (QED) is 0.378. The predicted octanol–water partition coefficient (Wildman–Crippen LogP) is -0.833. The van der Waals surface area contributed by atoms with Crippen molar-refractivity contribution in [1.29, 1.82) is 0 Å². The fourth-order valence-corrected chi connectivity index (χ4v) is 0. The van der Waals surface area contributed by atoms with Crippen LogP contribution >= 0.6 is 13.5 Å². The van der Waals surface area contributed by atoms with Crippen molar-refractivity contribution in [3.63, 3.8) is 0 Å². The maximum atomic E-state index is 0. The standard InChI is InChI=1S/Fe.H2O.O.H2S/h;1H2;;1H2/q+2;;-2;. The van der Waals surface area contributed by atoms with E-state index in [9.17, 15) is 0 Å². The Balaban J connectivity index is 0. The van der Waals surface area contributed by atoms with E-state index in [2.05, 4.69) is 0 Å². The fourth-order valence-electron chi connectivity index (χ4n) is 0. The molecule has 0 saturated heterocycles. The Morgan fingerprint density at radius 1 is 1.00 bits per heavy atom. The van der Waals surface area contributed by atoms with E-state index in [0.29, 0.717) is 0 Å². The molecule has 4 heavy (non-hydrogen) atoms. The zero-order valence-corrected chi connectivity index (χ0v) is 3.87. The van der Waals surface area contributed by atoms with Gasteiger partial charge >= 0.3 is 17.1 Å². The van der Waals surface area contributed by atoms with Gasteiger partial charge in [0.2, 0.25) is 0 Å². The summed E-state index contributed by atoms with van der Waals surface area (Å²) in [6.45, 7) is 0. The second kappa shape index (κ2) is 47.3. The Morgan fingerprint density at radius 2 is 1.00 bits per heavy atom. The molecule has 0 spiro atoms. The Labute approximate surface area is 42.1 Å². The van der Waals surface area contributed by atoms with E-state index in [1.54, 1.807) is 0 Å². The average molecular weight is 124 g/mol. The largest absolute Gasteiger partial charge is 2.00 e. The third kappa shape index (κ3) is 14.3. The summed E-state index contributed by atoms with van der Waals surface area (Å²) in [5, 5.41) is 0. The number of hydrogen-bond donors (Lipinski definition) is 0. The predicted molar refractivity (Wildman–Crippen MR) is 14.7 cm³/mol.